The van der Waals surface area contributed by atoms with Crippen LogP contribution >= 0.6 is 0 Å². The van der Waals surface area contributed by atoms with Gasteiger partial charge < -0.3 is 10.3 Å². The maximum atomic E-state index is 9.19. The van der Waals surface area contributed by atoms with Crippen molar-refractivity contribution in [1.29, 1.82) is 10.5 Å². The Morgan fingerprint density at radius 1 is 1.39 bits per heavy atom. The molecule has 1 heterocycles. The van der Waals surface area contributed by atoms with Gasteiger partial charge in [-0.2, -0.15) is 10.5 Å². The molecule has 1 aromatic rings. The van der Waals surface area contributed by atoms with E-state index in [-0.39, 0.29) is 23.2 Å². The number of aromatic nitrogens is 2. The van der Waals surface area contributed by atoms with Crippen LogP contribution in [0.1, 0.15) is 51.5 Å². The molecule has 0 saturated heterocycles. The molecule has 5 nitrogen and oxygen atoms in total. The summed E-state index contributed by atoms with van der Waals surface area (Å²) in [4.78, 5) is 3.98. The molecule has 0 amide bonds. The van der Waals surface area contributed by atoms with Crippen LogP contribution < -0.4 is 5.73 Å². The first-order valence-electron chi connectivity index (χ1n) is 5.99. The fourth-order valence-corrected chi connectivity index (χ4v) is 2.25. The molecule has 0 bridgehead atoms. The van der Waals surface area contributed by atoms with E-state index in [4.69, 9.17) is 11.0 Å². The molecule has 0 radical (unpaired) electrons. The summed E-state index contributed by atoms with van der Waals surface area (Å²) < 4.78 is 1.74. The lowest BCUT2D eigenvalue weighted by molar-refractivity contribution is 0.200. The Morgan fingerprint density at radius 3 is 2.39 bits per heavy atom. The Morgan fingerprint density at radius 2 is 2.00 bits per heavy atom. The van der Waals surface area contributed by atoms with Crippen molar-refractivity contribution in [3.63, 3.8) is 0 Å². The van der Waals surface area contributed by atoms with Crippen molar-refractivity contribution in [3.8, 4) is 12.1 Å². The summed E-state index contributed by atoms with van der Waals surface area (Å²) in [6.45, 7) is 8.22. The average molecular weight is 245 g/mol. The van der Waals surface area contributed by atoms with Gasteiger partial charge in [-0.1, -0.05) is 27.7 Å². The number of nitrogens with two attached hydrogens (primary N) is 1. The van der Waals surface area contributed by atoms with E-state index in [9.17, 15) is 5.26 Å². The highest BCUT2D eigenvalue weighted by Gasteiger charge is 2.33. The number of rotatable bonds is 3. The smallest absolute Gasteiger partial charge is 0.176 e. The molecule has 0 aromatic carbocycles. The third-order valence-corrected chi connectivity index (χ3v) is 3.07. The van der Waals surface area contributed by atoms with Crippen LogP contribution in [0, 0.1) is 28.1 Å². The van der Waals surface area contributed by atoms with Gasteiger partial charge in [0.15, 0.2) is 11.4 Å². The second kappa shape index (κ2) is 5.20. The van der Waals surface area contributed by atoms with Crippen molar-refractivity contribution >= 4 is 0 Å². The van der Waals surface area contributed by atoms with E-state index >= 15 is 0 Å². The normalized spacial score (nSPS) is 14.6. The van der Waals surface area contributed by atoms with Gasteiger partial charge in [-0.05, 0) is 11.8 Å². The van der Waals surface area contributed by atoms with Gasteiger partial charge in [0.2, 0.25) is 0 Å². The Balaban J connectivity index is 3.37. The number of hydrogen-bond donors (Lipinski definition) is 1. The van der Waals surface area contributed by atoms with Crippen LogP contribution in [0.3, 0.4) is 0 Å². The van der Waals surface area contributed by atoms with E-state index < -0.39 is 0 Å². The van der Waals surface area contributed by atoms with Crippen molar-refractivity contribution in [1.82, 2.24) is 9.55 Å². The fourth-order valence-electron chi connectivity index (χ4n) is 2.25. The van der Waals surface area contributed by atoms with E-state index in [0.717, 1.165) is 6.42 Å². The lowest BCUT2D eigenvalue weighted by atomic mass is 9.81. The van der Waals surface area contributed by atoms with Gasteiger partial charge in [0.05, 0.1) is 12.4 Å². The maximum Gasteiger partial charge on any atom is 0.176 e. The van der Waals surface area contributed by atoms with Gasteiger partial charge >= 0.3 is 0 Å². The van der Waals surface area contributed by atoms with Crippen LogP contribution in [0.2, 0.25) is 0 Å². The molecule has 2 atom stereocenters. The molecule has 0 fully saturated rings. The summed E-state index contributed by atoms with van der Waals surface area (Å²) in [6.07, 6.45) is 2.34. The number of nitriles is 2. The highest BCUT2D eigenvalue weighted by atomic mass is 15.1. The molecule has 96 valence electrons. The summed E-state index contributed by atoms with van der Waals surface area (Å²) in [7, 11) is 0. The van der Waals surface area contributed by atoms with E-state index in [1.807, 2.05) is 19.1 Å². The highest BCUT2D eigenvalue weighted by Crippen LogP contribution is 2.34. The zero-order chi connectivity index (χ0) is 13.9. The monoisotopic (exact) mass is 245 g/mol. The van der Waals surface area contributed by atoms with Gasteiger partial charge in [-0.15, -0.1) is 0 Å². The van der Waals surface area contributed by atoms with E-state index in [2.05, 4.69) is 25.8 Å². The minimum Gasteiger partial charge on any atom is -0.326 e. The van der Waals surface area contributed by atoms with Crippen molar-refractivity contribution in [2.24, 2.45) is 11.1 Å². The average Bonchev–Trinajstić information content (AvgIpc) is 2.69. The van der Waals surface area contributed by atoms with Gasteiger partial charge in [0.1, 0.15) is 12.1 Å². The maximum absolute atomic E-state index is 9.19. The van der Waals surface area contributed by atoms with Crippen LogP contribution in [0.15, 0.2) is 6.33 Å². The zero-order valence-corrected chi connectivity index (χ0v) is 11.3. The van der Waals surface area contributed by atoms with Gasteiger partial charge in [-0.25, -0.2) is 4.98 Å². The van der Waals surface area contributed by atoms with Gasteiger partial charge in [0.25, 0.3) is 0 Å². The van der Waals surface area contributed by atoms with Crippen LogP contribution in [0.5, 0.6) is 0 Å². The molecule has 5 heteroatoms. The summed E-state index contributed by atoms with van der Waals surface area (Å²) in [5, 5.41) is 18.1. The van der Waals surface area contributed by atoms with Crippen LogP contribution in [0.4, 0.5) is 0 Å². The zero-order valence-electron chi connectivity index (χ0n) is 11.3. The number of imidazole rings is 1. The predicted octanol–water partition coefficient (Wildman–Crippen LogP) is 1.95. The first-order valence-corrected chi connectivity index (χ1v) is 5.99. The SMILES string of the molecule is CCC(N)C(n1cnc(C#N)c1C#N)C(C)(C)C. The molecule has 2 unspecified atom stereocenters. The molecular weight excluding hydrogens is 226 g/mol. The molecule has 0 aliphatic carbocycles. The molecule has 0 saturated carbocycles. The molecular formula is C13H19N5. The van der Waals surface area contributed by atoms with E-state index in [0.29, 0.717) is 5.69 Å². The largest absolute Gasteiger partial charge is 0.326 e. The minimum atomic E-state index is -0.117. The molecule has 1 aromatic heterocycles. The van der Waals surface area contributed by atoms with Gasteiger partial charge in [-0.3, -0.25) is 0 Å². The van der Waals surface area contributed by atoms with Gasteiger partial charge in [0, 0.05) is 6.04 Å². The van der Waals surface area contributed by atoms with Crippen molar-refractivity contribution < 1.29 is 0 Å². The Kier molecular flexibility index (Phi) is 4.11. The Labute approximate surface area is 108 Å². The Bertz CT molecular complexity index is 495. The summed E-state index contributed by atoms with van der Waals surface area (Å²) in [5.74, 6) is 0. The minimum absolute atomic E-state index is 0.0632. The predicted molar refractivity (Wildman–Crippen MR) is 68.4 cm³/mol. The third kappa shape index (κ3) is 2.52. The fraction of sp³-hybridized carbons (Fsp3) is 0.615. The van der Waals surface area contributed by atoms with E-state index in [1.54, 1.807) is 10.9 Å². The standard InChI is InChI=1S/C13H19N5/c1-5-9(16)12(13(2,3)4)18-8-17-10(6-14)11(18)7-15/h8-9,12H,5,16H2,1-4H3. The quantitative estimate of drug-likeness (QED) is 0.881. The molecule has 2 N–H and O–H groups in total. The molecule has 0 spiro atoms. The highest BCUT2D eigenvalue weighted by molar-refractivity contribution is 5.36. The second-order valence-electron chi connectivity index (χ2n) is 5.46. The topological polar surface area (TPSA) is 91.4 Å². The lowest BCUT2D eigenvalue weighted by Crippen LogP contribution is -2.40. The molecule has 18 heavy (non-hydrogen) atoms. The number of nitrogens with zero attached hydrogens (tertiary/aromatic N) is 4. The third-order valence-electron chi connectivity index (χ3n) is 3.07. The van der Waals surface area contributed by atoms with Crippen LogP contribution in [0.25, 0.3) is 0 Å². The molecule has 1 rings (SSSR count). The molecule has 0 aliphatic heterocycles. The lowest BCUT2D eigenvalue weighted by Gasteiger charge is -2.36. The van der Waals surface area contributed by atoms with Crippen LogP contribution in [-0.4, -0.2) is 15.6 Å². The summed E-state index contributed by atoms with van der Waals surface area (Å²) >= 11 is 0. The second-order valence-corrected chi connectivity index (χ2v) is 5.46. The molecule has 0 aliphatic rings. The van der Waals surface area contributed by atoms with Crippen LogP contribution in [-0.2, 0) is 0 Å². The summed E-state index contributed by atoms with van der Waals surface area (Å²) in [6, 6.07) is 3.84. The van der Waals surface area contributed by atoms with E-state index in [1.165, 1.54) is 0 Å². The first-order chi connectivity index (χ1) is 8.36. The van der Waals surface area contributed by atoms with Crippen molar-refractivity contribution in [2.75, 3.05) is 0 Å². The van der Waals surface area contributed by atoms with Crippen molar-refractivity contribution in [2.45, 2.75) is 46.2 Å². The first kappa shape index (κ1) is 14.2. The van der Waals surface area contributed by atoms with Crippen molar-refractivity contribution in [3.05, 3.63) is 17.7 Å². The Hall–Kier alpha value is -1.85. The summed E-state index contributed by atoms with van der Waals surface area (Å²) in [5.41, 5.74) is 6.51. The number of hydrogen-bond acceptors (Lipinski definition) is 4.